The Kier molecular flexibility index (Phi) is 3.28. The van der Waals surface area contributed by atoms with Gasteiger partial charge in [-0.2, -0.15) is 0 Å². The van der Waals surface area contributed by atoms with E-state index in [1.165, 1.54) is 29.5 Å². The summed E-state index contributed by atoms with van der Waals surface area (Å²) < 4.78 is 1.23. The molecular formula is C19H18OS. The monoisotopic (exact) mass is 294 g/mol. The van der Waals surface area contributed by atoms with Crippen LogP contribution in [0.4, 0.5) is 0 Å². The molecule has 0 amide bonds. The van der Waals surface area contributed by atoms with Gasteiger partial charge in [0.15, 0.2) is 0 Å². The normalized spacial score (nSPS) is 16.8. The first-order valence-corrected chi connectivity index (χ1v) is 8.45. The van der Waals surface area contributed by atoms with E-state index in [0.29, 0.717) is 0 Å². The minimum Gasteiger partial charge on any atom is -0.384 e. The maximum absolute atomic E-state index is 10.7. The quantitative estimate of drug-likeness (QED) is 0.699. The Labute approximate surface area is 128 Å². The number of aliphatic hydroxyl groups excluding tert-OH is 1. The fourth-order valence-corrected chi connectivity index (χ4v) is 4.06. The summed E-state index contributed by atoms with van der Waals surface area (Å²) >= 11 is 1.70. The van der Waals surface area contributed by atoms with Crippen LogP contribution in [0.5, 0.6) is 0 Å². The summed E-state index contributed by atoms with van der Waals surface area (Å²) in [6.45, 7) is 0. The maximum atomic E-state index is 10.7. The van der Waals surface area contributed by atoms with Gasteiger partial charge >= 0.3 is 0 Å². The molecule has 1 aliphatic carbocycles. The van der Waals surface area contributed by atoms with E-state index in [1.807, 2.05) is 12.1 Å². The van der Waals surface area contributed by atoms with Crippen molar-refractivity contribution < 1.29 is 5.11 Å². The predicted octanol–water partition coefficient (Wildman–Crippen LogP) is 5.25. The Bertz CT molecular complexity index is 753. The van der Waals surface area contributed by atoms with Crippen LogP contribution in [0.25, 0.3) is 10.1 Å². The molecular weight excluding hydrogens is 276 g/mol. The van der Waals surface area contributed by atoms with Crippen molar-refractivity contribution in [3.05, 3.63) is 70.6 Å². The van der Waals surface area contributed by atoms with Crippen LogP contribution in [-0.2, 0) is 0 Å². The molecule has 21 heavy (non-hydrogen) atoms. The molecule has 0 bridgehead atoms. The van der Waals surface area contributed by atoms with Crippen LogP contribution in [0.1, 0.15) is 48.0 Å². The predicted molar refractivity (Wildman–Crippen MR) is 88.9 cm³/mol. The molecule has 2 heteroatoms. The van der Waals surface area contributed by atoms with Crippen molar-refractivity contribution in [2.45, 2.75) is 31.3 Å². The van der Waals surface area contributed by atoms with Gasteiger partial charge in [-0.15, -0.1) is 11.3 Å². The second kappa shape index (κ2) is 5.28. The van der Waals surface area contributed by atoms with Gasteiger partial charge in [0.2, 0.25) is 0 Å². The SMILES string of the molecule is OC(c1ccc(C2CCC2)cc1)c1csc2ccccc12. The van der Waals surface area contributed by atoms with Crippen LogP contribution in [0.2, 0.25) is 0 Å². The van der Waals surface area contributed by atoms with Crippen molar-refractivity contribution in [3.63, 3.8) is 0 Å². The molecule has 3 aromatic rings. The maximum Gasteiger partial charge on any atom is 0.105 e. The van der Waals surface area contributed by atoms with E-state index >= 15 is 0 Å². The van der Waals surface area contributed by atoms with E-state index in [9.17, 15) is 5.11 Å². The lowest BCUT2D eigenvalue weighted by atomic mass is 9.80. The molecule has 0 radical (unpaired) electrons. The summed E-state index contributed by atoms with van der Waals surface area (Å²) in [5.74, 6) is 0.748. The molecule has 1 atom stereocenters. The van der Waals surface area contributed by atoms with Crippen LogP contribution < -0.4 is 0 Å². The largest absolute Gasteiger partial charge is 0.384 e. The second-order valence-corrected chi connectivity index (χ2v) is 6.80. The number of aliphatic hydroxyl groups is 1. The lowest BCUT2D eigenvalue weighted by molar-refractivity contribution is 0.222. The zero-order chi connectivity index (χ0) is 14.2. The van der Waals surface area contributed by atoms with Gasteiger partial charge in [-0.05, 0) is 46.7 Å². The molecule has 1 fully saturated rings. The first-order chi connectivity index (χ1) is 10.3. The Hall–Kier alpha value is -1.64. The first kappa shape index (κ1) is 13.1. The smallest absolute Gasteiger partial charge is 0.105 e. The highest BCUT2D eigenvalue weighted by Gasteiger charge is 2.20. The minimum atomic E-state index is -0.531. The van der Waals surface area contributed by atoms with Crippen molar-refractivity contribution in [2.75, 3.05) is 0 Å². The molecule has 4 rings (SSSR count). The molecule has 1 heterocycles. The van der Waals surface area contributed by atoms with Gasteiger partial charge in [-0.3, -0.25) is 0 Å². The molecule has 0 aliphatic heterocycles. The highest BCUT2D eigenvalue weighted by Crippen LogP contribution is 2.38. The average molecular weight is 294 g/mol. The lowest BCUT2D eigenvalue weighted by Crippen LogP contribution is -2.08. The summed E-state index contributed by atoms with van der Waals surface area (Å²) in [7, 11) is 0. The summed E-state index contributed by atoms with van der Waals surface area (Å²) in [5, 5.41) is 13.9. The molecule has 1 saturated carbocycles. The number of benzene rings is 2. The van der Waals surface area contributed by atoms with Crippen molar-refractivity contribution in [3.8, 4) is 0 Å². The van der Waals surface area contributed by atoms with Gasteiger partial charge < -0.3 is 5.11 Å². The van der Waals surface area contributed by atoms with E-state index in [0.717, 1.165) is 22.4 Å². The van der Waals surface area contributed by atoms with Crippen LogP contribution in [0.3, 0.4) is 0 Å². The zero-order valence-corrected chi connectivity index (χ0v) is 12.6. The van der Waals surface area contributed by atoms with E-state index in [-0.39, 0.29) is 0 Å². The molecule has 1 nitrogen and oxygen atoms in total. The van der Waals surface area contributed by atoms with E-state index in [2.05, 4.69) is 41.8 Å². The van der Waals surface area contributed by atoms with Crippen molar-refractivity contribution >= 4 is 21.4 Å². The van der Waals surface area contributed by atoms with Crippen molar-refractivity contribution in [1.82, 2.24) is 0 Å². The second-order valence-electron chi connectivity index (χ2n) is 5.88. The standard InChI is InChI=1S/C19H18OS/c20-19(17-12-21-18-7-2-1-6-16(17)18)15-10-8-14(9-11-15)13-4-3-5-13/h1-2,6-13,19-20H,3-5H2. The van der Waals surface area contributed by atoms with E-state index in [4.69, 9.17) is 0 Å². The van der Waals surface area contributed by atoms with Gasteiger partial charge in [0, 0.05) is 10.3 Å². The van der Waals surface area contributed by atoms with Crippen LogP contribution in [-0.4, -0.2) is 5.11 Å². The van der Waals surface area contributed by atoms with Crippen LogP contribution in [0, 0.1) is 0 Å². The Morgan fingerprint density at radius 2 is 1.76 bits per heavy atom. The summed E-state index contributed by atoms with van der Waals surface area (Å²) in [6.07, 6.45) is 3.46. The number of fused-ring (bicyclic) bond motifs is 1. The molecule has 0 spiro atoms. The fourth-order valence-electron chi connectivity index (χ4n) is 3.08. The lowest BCUT2D eigenvalue weighted by Gasteiger charge is -2.26. The Morgan fingerprint density at radius 3 is 2.48 bits per heavy atom. The highest BCUT2D eigenvalue weighted by molar-refractivity contribution is 7.17. The van der Waals surface area contributed by atoms with Gasteiger partial charge in [0.25, 0.3) is 0 Å². The molecule has 106 valence electrons. The van der Waals surface area contributed by atoms with Crippen molar-refractivity contribution in [1.29, 1.82) is 0 Å². The third kappa shape index (κ3) is 2.29. The molecule has 0 saturated heterocycles. The topological polar surface area (TPSA) is 20.2 Å². The highest BCUT2D eigenvalue weighted by atomic mass is 32.1. The van der Waals surface area contributed by atoms with Gasteiger partial charge in [0.05, 0.1) is 0 Å². The molecule has 1 N–H and O–H groups in total. The minimum absolute atomic E-state index is 0.531. The Morgan fingerprint density at radius 1 is 1.00 bits per heavy atom. The molecule has 2 aromatic carbocycles. The Balaban J connectivity index is 1.65. The number of hydrogen-bond donors (Lipinski definition) is 1. The van der Waals surface area contributed by atoms with Crippen molar-refractivity contribution in [2.24, 2.45) is 0 Å². The van der Waals surface area contributed by atoms with Crippen LogP contribution in [0.15, 0.2) is 53.9 Å². The number of hydrogen-bond acceptors (Lipinski definition) is 2. The summed E-state index contributed by atoms with van der Waals surface area (Å²) in [4.78, 5) is 0. The molecule has 1 unspecified atom stereocenters. The third-order valence-corrected chi connectivity index (χ3v) is 5.62. The van der Waals surface area contributed by atoms with E-state index in [1.54, 1.807) is 11.3 Å². The number of thiophene rings is 1. The van der Waals surface area contributed by atoms with E-state index < -0.39 is 6.10 Å². The third-order valence-electron chi connectivity index (χ3n) is 4.63. The fraction of sp³-hybridized carbons (Fsp3) is 0.263. The van der Waals surface area contributed by atoms with Gasteiger partial charge in [0.1, 0.15) is 6.10 Å². The molecule has 1 aromatic heterocycles. The molecule has 1 aliphatic rings. The summed E-state index contributed by atoms with van der Waals surface area (Å²) in [6, 6.07) is 16.8. The first-order valence-electron chi connectivity index (χ1n) is 7.57. The number of rotatable bonds is 3. The van der Waals surface area contributed by atoms with Gasteiger partial charge in [-0.1, -0.05) is 48.9 Å². The van der Waals surface area contributed by atoms with Gasteiger partial charge in [-0.25, -0.2) is 0 Å². The average Bonchev–Trinajstić information content (AvgIpc) is 2.89. The summed E-state index contributed by atoms with van der Waals surface area (Å²) in [5.41, 5.74) is 3.43. The van der Waals surface area contributed by atoms with Crippen LogP contribution >= 0.6 is 11.3 Å². The zero-order valence-electron chi connectivity index (χ0n) is 11.8.